The van der Waals surface area contributed by atoms with Gasteiger partial charge in [0.05, 0.1) is 23.9 Å². The van der Waals surface area contributed by atoms with Gasteiger partial charge >= 0.3 is 6.18 Å². The number of aromatic nitrogens is 2. The Labute approximate surface area is 190 Å². The summed E-state index contributed by atoms with van der Waals surface area (Å²) in [4.78, 5) is -1.12. The Morgan fingerprint density at radius 2 is 1.56 bits per heavy atom. The molecule has 0 saturated heterocycles. The third-order valence-electron chi connectivity index (χ3n) is 4.81. The van der Waals surface area contributed by atoms with Gasteiger partial charge in [0.25, 0.3) is 17.7 Å². The number of halogens is 4. The van der Waals surface area contributed by atoms with Crippen LogP contribution in [0.5, 0.6) is 0 Å². The van der Waals surface area contributed by atoms with E-state index in [1.165, 1.54) is 18.4 Å². The summed E-state index contributed by atoms with van der Waals surface area (Å²) >= 11 is 0. The van der Waals surface area contributed by atoms with E-state index >= 15 is 0 Å². The van der Waals surface area contributed by atoms with Crippen molar-refractivity contribution in [3.05, 3.63) is 78.4 Å². The minimum Gasteiger partial charge on any atom is -0.464 e. The van der Waals surface area contributed by atoms with Crippen LogP contribution >= 0.6 is 0 Å². The molecule has 34 heavy (non-hydrogen) atoms. The van der Waals surface area contributed by atoms with Crippen molar-refractivity contribution >= 4 is 17.7 Å². The molecule has 0 amide bonds. The number of hydrogen-bond acceptors (Lipinski definition) is 6. The molecular formula is C21H14F4N2O5S2. The van der Waals surface area contributed by atoms with Crippen molar-refractivity contribution in [2.75, 3.05) is 6.26 Å². The van der Waals surface area contributed by atoms with E-state index < -0.39 is 40.3 Å². The van der Waals surface area contributed by atoms with Gasteiger partial charge < -0.3 is 4.42 Å². The first-order valence-electron chi connectivity index (χ1n) is 9.35. The van der Waals surface area contributed by atoms with Gasteiger partial charge in [-0.15, -0.1) is 0 Å². The summed E-state index contributed by atoms with van der Waals surface area (Å²) in [6.07, 6.45) is -2.94. The molecule has 0 unspecified atom stereocenters. The summed E-state index contributed by atoms with van der Waals surface area (Å²) in [5.41, 5.74) is -0.600. The number of rotatable bonds is 5. The molecule has 0 aliphatic heterocycles. The van der Waals surface area contributed by atoms with Crippen molar-refractivity contribution in [3.63, 3.8) is 0 Å². The fourth-order valence-corrected chi connectivity index (χ4v) is 5.40. The minimum absolute atomic E-state index is 0.0589. The largest absolute Gasteiger partial charge is 0.464 e. The van der Waals surface area contributed by atoms with Gasteiger partial charge in [0.2, 0.25) is 0 Å². The summed E-state index contributed by atoms with van der Waals surface area (Å²) in [5, 5.41) is 3.52. The summed E-state index contributed by atoms with van der Waals surface area (Å²) < 4.78 is 108. The van der Waals surface area contributed by atoms with Crippen LogP contribution in [0.3, 0.4) is 0 Å². The lowest BCUT2D eigenvalue weighted by molar-refractivity contribution is -0.141. The summed E-state index contributed by atoms with van der Waals surface area (Å²) in [5.74, 6) is -0.910. The lowest BCUT2D eigenvalue weighted by Gasteiger charge is -2.10. The molecule has 4 aromatic rings. The lowest BCUT2D eigenvalue weighted by atomic mass is 10.1. The third-order valence-corrected chi connectivity index (χ3v) is 9.41. The van der Waals surface area contributed by atoms with E-state index in [2.05, 4.69) is 5.10 Å². The van der Waals surface area contributed by atoms with Crippen molar-refractivity contribution < 1.29 is 38.8 Å². The first kappa shape index (κ1) is 23.7. The van der Waals surface area contributed by atoms with Gasteiger partial charge in [-0.3, -0.25) is 0 Å². The van der Waals surface area contributed by atoms with Crippen LogP contribution in [-0.2, 0) is 23.9 Å². The van der Waals surface area contributed by atoms with Gasteiger partial charge in [-0.2, -0.15) is 18.3 Å². The monoisotopic (exact) mass is 514 g/mol. The maximum Gasteiger partial charge on any atom is 0.435 e. The molecule has 0 bridgehead atoms. The van der Waals surface area contributed by atoms with Gasteiger partial charge in [-0.05, 0) is 30.3 Å². The average molecular weight is 514 g/mol. The zero-order valence-electron chi connectivity index (χ0n) is 17.1. The normalized spacial score (nSPS) is 12.7. The van der Waals surface area contributed by atoms with Crippen LogP contribution in [0.1, 0.15) is 5.69 Å². The van der Waals surface area contributed by atoms with Crippen LogP contribution in [0.2, 0.25) is 0 Å². The molecule has 4 rings (SSSR count). The number of furan rings is 1. The quantitative estimate of drug-likeness (QED) is 0.283. The first-order valence-corrected chi connectivity index (χ1v) is 13.2. The van der Waals surface area contributed by atoms with Crippen molar-refractivity contribution in [1.29, 1.82) is 0 Å². The van der Waals surface area contributed by atoms with Gasteiger partial charge in [-0.25, -0.2) is 25.9 Å². The second-order valence-electron chi connectivity index (χ2n) is 7.15. The van der Waals surface area contributed by atoms with Gasteiger partial charge in [0.1, 0.15) is 16.5 Å². The Balaban J connectivity index is 1.84. The van der Waals surface area contributed by atoms with E-state index in [4.69, 9.17) is 4.42 Å². The second kappa shape index (κ2) is 8.09. The molecule has 7 nitrogen and oxygen atoms in total. The molecule has 2 heterocycles. The molecule has 2 aromatic carbocycles. The Morgan fingerprint density at radius 1 is 0.912 bits per heavy atom. The average Bonchev–Trinajstić information content (AvgIpc) is 3.43. The van der Waals surface area contributed by atoms with Crippen molar-refractivity contribution in [2.45, 2.75) is 11.1 Å². The van der Waals surface area contributed by atoms with E-state index in [1.807, 2.05) is 0 Å². The third kappa shape index (κ3) is 4.23. The number of benzene rings is 2. The van der Waals surface area contributed by atoms with Crippen molar-refractivity contribution in [2.24, 2.45) is 0 Å². The molecular weight excluding hydrogens is 500 g/mol. The molecule has 2 aromatic heterocycles. The van der Waals surface area contributed by atoms with E-state index in [9.17, 15) is 34.4 Å². The second-order valence-corrected chi connectivity index (χ2v) is 13.0. The molecule has 0 saturated carbocycles. The smallest absolute Gasteiger partial charge is 0.435 e. The lowest BCUT2D eigenvalue weighted by Crippen LogP contribution is -2.15. The summed E-state index contributed by atoms with van der Waals surface area (Å²) in [6.45, 7) is 0. The van der Waals surface area contributed by atoms with E-state index in [0.717, 1.165) is 16.8 Å². The zero-order chi connectivity index (χ0) is 24.9. The Bertz CT molecular complexity index is 1570. The van der Waals surface area contributed by atoms with E-state index in [1.54, 1.807) is 24.3 Å². The fraction of sp³-hybridized carbons (Fsp3) is 0.0952. The highest BCUT2D eigenvalue weighted by atomic mass is 33.2. The van der Waals surface area contributed by atoms with Gasteiger partial charge in [0.15, 0.2) is 5.69 Å². The highest BCUT2D eigenvalue weighted by Crippen LogP contribution is 2.34. The van der Waals surface area contributed by atoms with Gasteiger partial charge in [-0.1, -0.05) is 24.3 Å². The molecule has 0 aliphatic carbocycles. The van der Waals surface area contributed by atoms with Crippen LogP contribution in [0.4, 0.5) is 17.6 Å². The molecule has 0 N–H and O–H groups in total. The highest BCUT2D eigenvalue weighted by molar-refractivity contribution is 8.66. The van der Waals surface area contributed by atoms with Crippen LogP contribution < -0.4 is 0 Å². The van der Waals surface area contributed by atoms with Crippen molar-refractivity contribution in [1.82, 2.24) is 9.78 Å². The Kier molecular flexibility index (Phi) is 5.64. The van der Waals surface area contributed by atoms with Crippen LogP contribution in [0.25, 0.3) is 28.3 Å². The molecule has 0 aliphatic rings. The van der Waals surface area contributed by atoms with E-state index in [0.29, 0.717) is 35.3 Å². The predicted octanol–water partition coefficient (Wildman–Crippen LogP) is 4.69. The summed E-state index contributed by atoms with van der Waals surface area (Å²) in [7, 11) is -9.73. The maximum absolute atomic E-state index is 14.6. The molecule has 0 atom stereocenters. The molecule has 0 radical (unpaired) electrons. The topological polar surface area (TPSA) is 99.2 Å². The first-order chi connectivity index (χ1) is 15.8. The van der Waals surface area contributed by atoms with Crippen molar-refractivity contribution in [3.8, 4) is 28.3 Å². The molecule has 13 heteroatoms. The molecule has 0 fully saturated rings. The summed E-state index contributed by atoms with van der Waals surface area (Å²) in [6, 6.07) is 12.6. The molecule has 0 spiro atoms. The fourth-order valence-electron chi connectivity index (χ4n) is 3.16. The Hall–Kier alpha value is -3.45. The minimum atomic E-state index is -5.03. The van der Waals surface area contributed by atoms with E-state index in [-0.39, 0.29) is 11.4 Å². The number of hydrogen-bond donors (Lipinski definition) is 0. The Morgan fingerprint density at radius 3 is 2.09 bits per heavy atom. The molecule has 178 valence electrons. The number of nitrogens with zero attached hydrogens (tertiary/aromatic N) is 2. The SMILES string of the molecule is CS(=O)(=O)S(=O)(=O)c1ccc(-n2nc(C(F)(F)F)cc2-c2ccc(-c3ccco3)cc2)cc1F. The highest BCUT2D eigenvalue weighted by Gasteiger charge is 2.36. The predicted molar refractivity (Wildman–Crippen MR) is 114 cm³/mol. The maximum atomic E-state index is 14.6. The van der Waals surface area contributed by atoms with Crippen LogP contribution in [0.15, 0.2) is 76.2 Å². The van der Waals surface area contributed by atoms with Gasteiger partial charge in [0, 0.05) is 17.2 Å². The van der Waals surface area contributed by atoms with Crippen LogP contribution in [0, 0.1) is 5.82 Å². The van der Waals surface area contributed by atoms with Crippen LogP contribution in [-0.4, -0.2) is 32.9 Å². The zero-order valence-corrected chi connectivity index (χ0v) is 18.7. The number of alkyl halides is 3. The standard InChI is InChI=1S/C21H14F4N2O5S2/c1-33(28,29)34(30,31)19-9-8-15(11-16(19)22)27-17(12-20(26-27)21(23,24)25)13-4-6-14(7-5-13)18-3-2-10-32-18/h2-12H,1H3.